The number of nitrogens with one attached hydrogen (secondary N) is 1. The van der Waals surface area contributed by atoms with Gasteiger partial charge in [-0.05, 0) is 31.0 Å². The standard InChI is InChI=1S/C14H21NS/c1-2-3-6-9-15-11-13-10-12-7-4-5-8-14(12)16-13/h4-5,7-8,13,15H,2-3,6,9-11H2,1H3. The Hall–Kier alpha value is -0.470. The molecule has 1 unspecified atom stereocenters. The molecule has 0 amide bonds. The van der Waals surface area contributed by atoms with Crippen LogP contribution in [0.4, 0.5) is 0 Å². The zero-order chi connectivity index (χ0) is 11.2. The first kappa shape index (κ1) is 12.0. The van der Waals surface area contributed by atoms with Crippen molar-refractivity contribution in [3.63, 3.8) is 0 Å². The smallest absolute Gasteiger partial charge is 0.0260 e. The lowest BCUT2D eigenvalue weighted by molar-refractivity contribution is 0.607. The van der Waals surface area contributed by atoms with E-state index in [2.05, 4.69) is 36.5 Å². The molecule has 1 aliphatic rings. The van der Waals surface area contributed by atoms with Gasteiger partial charge in [0.05, 0.1) is 0 Å². The van der Waals surface area contributed by atoms with E-state index in [0.29, 0.717) is 0 Å². The topological polar surface area (TPSA) is 12.0 Å². The maximum Gasteiger partial charge on any atom is 0.0260 e. The molecule has 0 radical (unpaired) electrons. The van der Waals surface area contributed by atoms with E-state index >= 15 is 0 Å². The lowest BCUT2D eigenvalue weighted by Crippen LogP contribution is -2.25. The van der Waals surface area contributed by atoms with Gasteiger partial charge in [0.2, 0.25) is 0 Å². The van der Waals surface area contributed by atoms with E-state index in [-0.39, 0.29) is 0 Å². The van der Waals surface area contributed by atoms with Crippen LogP contribution in [0, 0.1) is 0 Å². The molecule has 1 heterocycles. The number of hydrogen-bond donors (Lipinski definition) is 1. The molecule has 2 rings (SSSR count). The van der Waals surface area contributed by atoms with E-state index in [1.807, 2.05) is 11.8 Å². The van der Waals surface area contributed by atoms with Crippen LogP contribution in [-0.4, -0.2) is 18.3 Å². The van der Waals surface area contributed by atoms with Gasteiger partial charge in [0.25, 0.3) is 0 Å². The Labute approximate surface area is 103 Å². The maximum absolute atomic E-state index is 3.58. The summed E-state index contributed by atoms with van der Waals surface area (Å²) in [5, 5.41) is 4.33. The molecular formula is C14H21NS. The summed E-state index contributed by atoms with van der Waals surface area (Å²) in [5.74, 6) is 0. The Bertz CT molecular complexity index is 299. The molecule has 16 heavy (non-hydrogen) atoms. The number of rotatable bonds is 6. The SMILES string of the molecule is CCCCCNCC1Cc2ccccc2S1. The lowest BCUT2D eigenvalue weighted by Gasteiger charge is -2.09. The lowest BCUT2D eigenvalue weighted by atomic mass is 10.1. The minimum atomic E-state index is 0.749. The monoisotopic (exact) mass is 235 g/mol. The van der Waals surface area contributed by atoms with Gasteiger partial charge in [-0.2, -0.15) is 0 Å². The fraction of sp³-hybridized carbons (Fsp3) is 0.571. The average molecular weight is 235 g/mol. The van der Waals surface area contributed by atoms with Gasteiger partial charge in [0.15, 0.2) is 0 Å². The van der Waals surface area contributed by atoms with Crippen molar-refractivity contribution in [2.24, 2.45) is 0 Å². The molecule has 0 bridgehead atoms. The second-order valence-electron chi connectivity index (χ2n) is 4.46. The highest BCUT2D eigenvalue weighted by molar-refractivity contribution is 8.00. The van der Waals surface area contributed by atoms with Gasteiger partial charge in [-0.25, -0.2) is 0 Å². The molecule has 2 heteroatoms. The number of thioether (sulfide) groups is 1. The molecule has 0 fully saturated rings. The summed E-state index contributed by atoms with van der Waals surface area (Å²) in [4.78, 5) is 1.49. The molecule has 88 valence electrons. The first-order valence-corrected chi connectivity index (χ1v) is 7.23. The molecule has 0 aromatic heterocycles. The summed E-state index contributed by atoms with van der Waals surface area (Å²) >= 11 is 2.04. The zero-order valence-electron chi connectivity index (χ0n) is 10.0. The van der Waals surface area contributed by atoms with Crippen LogP contribution in [-0.2, 0) is 6.42 Å². The van der Waals surface area contributed by atoms with Gasteiger partial charge >= 0.3 is 0 Å². The van der Waals surface area contributed by atoms with Crippen LogP contribution < -0.4 is 5.32 Å². The molecule has 1 atom stereocenters. The normalized spacial score (nSPS) is 18.7. The molecule has 1 aromatic carbocycles. The molecule has 0 spiro atoms. The van der Waals surface area contributed by atoms with Crippen molar-refractivity contribution in [3.05, 3.63) is 29.8 Å². The second-order valence-corrected chi connectivity index (χ2v) is 5.81. The fourth-order valence-electron chi connectivity index (χ4n) is 2.13. The minimum absolute atomic E-state index is 0.749. The molecule has 1 aliphatic heterocycles. The van der Waals surface area contributed by atoms with Gasteiger partial charge in [-0.15, -0.1) is 11.8 Å². The van der Waals surface area contributed by atoms with Crippen LogP contribution in [0.15, 0.2) is 29.2 Å². The maximum atomic E-state index is 3.58. The van der Waals surface area contributed by atoms with Crippen molar-refractivity contribution in [1.29, 1.82) is 0 Å². The van der Waals surface area contributed by atoms with Crippen molar-refractivity contribution in [2.75, 3.05) is 13.1 Å². The van der Waals surface area contributed by atoms with E-state index in [1.54, 1.807) is 0 Å². The Balaban J connectivity index is 1.67. The summed E-state index contributed by atoms with van der Waals surface area (Å²) < 4.78 is 0. The zero-order valence-corrected chi connectivity index (χ0v) is 10.9. The Morgan fingerprint density at radius 2 is 2.19 bits per heavy atom. The van der Waals surface area contributed by atoms with Gasteiger partial charge in [-0.1, -0.05) is 38.0 Å². The molecule has 0 saturated carbocycles. The molecule has 1 nitrogen and oxygen atoms in total. The summed E-state index contributed by atoms with van der Waals surface area (Å²) in [7, 11) is 0. The quantitative estimate of drug-likeness (QED) is 0.758. The first-order chi connectivity index (χ1) is 7.90. The number of fused-ring (bicyclic) bond motifs is 1. The third-order valence-corrected chi connectivity index (χ3v) is 4.36. The predicted octanol–water partition coefficient (Wildman–Crippen LogP) is 3.48. The van der Waals surface area contributed by atoms with E-state index in [4.69, 9.17) is 0 Å². The van der Waals surface area contributed by atoms with Crippen LogP contribution >= 0.6 is 11.8 Å². The second kappa shape index (κ2) is 6.31. The third-order valence-electron chi connectivity index (χ3n) is 3.04. The third kappa shape index (κ3) is 3.26. The van der Waals surface area contributed by atoms with Gasteiger partial charge in [0, 0.05) is 16.7 Å². The minimum Gasteiger partial charge on any atom is -0.316 e. The summed E-state index contributed by atoms with van der Waals surface area (Å²) in [6, 6.07) is 8.80. The van der Waals surface area contributed by atoms with Crippen LogP contribution in [0.25, 0.3) is 0 Å². The van der Waals surface area contributed by atoms with Crippen LogP contribution in [0.1, 0.15) is 31.7 Å². The predicted molar refractivity (Wildman–Crippen MR) is 72.2 cm³/mol. The Morgan fingerprint density at radius 1 is 1.31 bits per heavy atom. The van der Waals surface area contributed by atoms with Crippen molar-refractivity contribution in [3.8, 4) is 0 Å². The highest BCUT2D eigenvalue weighted by atomic mass is 32.2. The van der Waals surface area contributed by atoms with Crippen molar-refractivity contribution < 1.29 is 0 Å². The average Bonchev–Trinajstić information content (AvgIpc) is 2.71. The Morgan fingerprint density at radius 3 is 3.00 bits per heavy atom. The number of unbranched alkanes of at least 4 members (excludes halogenated alkanes) is 2. The van der Waals surface area contributed by atoms with E-state index in [0.717, 1.165) is 11.8 Å². The van der Waals surface area contributed by atoms with Gasteiger partial charge in [0.1, 0.15) is 0 Å². The van der Waals surface area contributed by atoms with Crippen LogP contribution in [0.5, 0.6) is 0 Å². The Kier molecular flexibility index (Phi) is 4.73. The van der Waals surface area contributed by atoms with E-state index in [1.165, 1.54) is 42.7 Å². The summed E-state index contributed by atoms with van der Waals surface area (Å²) in [6.45, 7) is 4.59. The summed E-state index contributed by atoms with van der Waals surface area (Å²) in [5.41, 5.74) is 1.54. The molecule has 1 N–H and O–H groups in total. The van der Waals surface area contributed by atoms with E-state index < -0.39 is 0 Å². The van der Waals surface area contributed by atoms with Crippen LogP contribution in [0.2, 0.25) is 0 Å². The largest absolute Gasteiger partial charge is 0.316 e. The van der Waals surface area contributed by atoms with Crippen LogP contribution in [0.3, 0.4) is 0 Å². The molecule has 1 aromatic rings. The summed E-state index contributed by atoms with van der Waals surface area (Å²) in [6.07, 6.45) is 5.22. The number of hydrogen-bond acceptors (Lipinski definition) is 2. The highest BCUT2D eigenvalue weighted by Gasteiger charge is 2.20. The van der Waals surface area contributed by atoms with Gasteiger partial charge in [-0.3, -0.25) is 0 Å². The fourth-order valence-corrected chi connectivity index (χ4v) is 3.41. The highest BCUT2D eigenvalue weighted by Crippen LogP contribution is 2.36. The van der Waals surface area contributed by atoms with Crippen molar-refractivity contribution in [1.82, 2.24) is 5.32 Å². The van der Waals surface area contributed by atoms with E-state index in [9.17, 15) is 0 Å². The molecule has 0 saturated heterocycles. The first-order valence-electron chi connectivity index (χ1n) is 6.35. The molecule has 0 aliphatic carbocycles. The molecular weight excluding hydrogens is 214 g/mol. The van der Waals surface area contributed by atoms with Crippen molar-refractivity contribution >= 4 is 11.8 Å². The van der Waals surface area contributed by atoms with Gasteiger partial charge < -0.3 is 5.32 Å². The number of benzene rings is 1. The van der Waals surface area contributed by atoms with Crippen molar-refractivity contribution in [2.45, 2.75) is 42.8 Å².